The van der Waals surface area contributed by atoms with E-state index in [9.17, 15) is 0 Å². The number of rotatable bonds is 5. The second-order valence-corrected chi connectivity index (χ2v) is 5.33. The molecule has 0 radical (unpaired) electrons. The number of pyridine rings is 1. The topological polar surface area (TPSA) is 63.8 Å². The van der Waals surface area contributed by atoms with Crippen molar-refractivity contribution in [2.75, 3.05) is 11.9 Å². The number of nitrogens with zero attached hydrogens (tertiary/aromatic N) is 3. The number of hydrogen-bond acceptors (Lipinski definition) is 5. The van der Waals surface area contributed by atoms with Crippen LogP contribution in [0.5, 0.6) is 0 Å². The monoisotopic (exact) mass is 344 g/mol. The minimum Gasteiger partial charge on any atom is -0.385 e. The molecular weight excluding hydrogens is 332 g/mol. The first kappa shape index (κ1) is 13.8. The Morgan fingerprint density at radius 3 is 2.71 bits per heavy atom. The number of para-hydroxylation sites is 1. The van der Waals surface area contributed by atoms with Gasteiger partial charge >= 0.3 is 0 Å². The van der Waals surface area contributed by atoms with Crippen molar-refractivity contribution < 1.29 is 4.52 Å². The van der Waals surface area contributed by atoms with Crippen LogP contribution in [0.4, 0.5) is 5.69 Å². The normalized spacial score (nSPS) is 10.5. The van der Waals surface area contributed by atoms with E-state index in [0.717, 1.165) is 16.7 Å². The summed E-state index contributed by atoms with van der Waals surface area (Å²) in [6.45, 7) is 0.736. The number of hydrogen-bond donors (Lipinski definition) is 1. The molecule has 2 aromatic heterocycles. The van der Waals surface area contributed by atoms with Crippen molar-refractivity contribution in [1.29, 1.82) is 0 Å². The van der Waals surface area contributed by atoms with E-state index in [1.807, 2.05) is 42.5 Å². The van der Waals surface area contributed by atoms with Gasteiger partial charge in [0, 0.05) is 29.3 Å². The average Bonchev–Trinajstić information content (AvgIpc) is 2.98. The van der Waals surface area contributed by atoms with Gasteiger partial charge in [0.05, 0.1) is 0 Å². The molecule has 2 heterocycles. The van der Waals surface area contributed by atoms with Crippen molar-refractivity contribution in [2.45, 2.75) is 6.42 Å². The van der Waals surface area contributed by atoms with Crippen molar-refractivity contribution in [1.82, 2.24) is 15.1 Å². The molecule has 5 nitrogen and oxygen atoms in total. The summed E-state index contributed by atoms with van der Waals surface area (Å²) in [7, 11) is 0. The lowest BCUT2D eigenvalue weighted by Crippen LogP contribution is -2.04. The van der Waals surface area contributed by atoms with Gasteiger partial charge in [-0.05, 0) is 40.2 Å². The molecule has 0 aliphatic carbocycles. The Morgan fingerprint density at radius 1 is 1.10 bits per heavy atom. The predicted molar refractivity (Wildman–Crippen MR) is 83.9 cm³/mol. The molecule has 3 rings (SSSR count). The molecule has 0 saturated carbocycles. The van der Waals surface area contributed by atoms with Gasteiger partial charge in [0.1, 0.15) is 5.69 Å². The Kier molecular flexibility index (Phi) is 4.25. The van der Waals surface area contributed by atoms with Crippen LogP contribution in [0.3, 0.4) is 0 Å². The quantitative estimate of drug-likeness (QED) is 0.766. The fourth-order valence-electron chi connectivity index (χ4n) is 1.84. The summed E-state index contributed by atoms with van der Waals surface area (Å²) >= 11 is 3.34. The van der Waals surface area contributed by atoms with Crippen LogP contribution in [0.2, 0.25) is 0 Å². The Hall–Kier alpha value is -2.21. The molecule has 0 aliphatic heterocycles. The number of nitrogens with one attached hydrogen (secondary N) is 1. The first-order valence-corrected chi connectivity index (χ1v) is 7.34. The summed E-state index contributed by atoms with van der Waals surface area (Å²) < 4.78 is 6.15. The van der Waals surface area contributed by atoms with Crippen LogP contribution in [0.25, 0.3) is 11.5 Å². The zero-order valence-corrected chi connectivity index (χ0v) is 12.7. The molecule has 1 aromatic carbocycles. The molecule has 0 bridgehead atoms. The van der Waals surface area contributed by atoms with Gasteiger partial charge in [0.2, 0.25) is 11.7 Å². The van der Waals surface area contributed by atoms with E-state index in [4.69, 9.17) is 4.52 Å². The summed E-state index contributed by atoms with van der Waals surface area (Å²) in [6, 6.07) is 13.8. The molecular formula is C15H13BrN4O. The van der Waals surface area contributed by atoms with Crippen LogP contribution in [-0.4, -0.2) is 21.7 Å². The average molecular weight is 345 g/mol. The molecule has 0 saturated heterocycles. The molecule has 0 unspecified atom stereocenters. The minimum absolute atomic E-state index is 0.511. The standard InChI is InChI=1S/C15H13BrN4O/c16-11-6-7-13(18-10-11)15-19-14(21-20-15)8-9-17-12-4-2-1-3-5-12/h1-7,10,17H,8-9H2. The van der Waals surface area contributed by atoms with Gasteiger partial charge in [-0.2, -0.15) is 4.98 Å². The maximum atomic E-state index is 5.23. The van der Waals surface area contributed by atoms with Gasteiger partial charge in [0.15, 0.2) is 0 Å². The van der Waals surface area contributed by atoms with E-state index in [1.54, 1.807) is 6.20 Å². The number of halogens is 1. The zero-order valence-electron chi connectivity index (χ0n) is 11.2. The van der Waals surface area contributed by atoms with Crippen LogP contribution in [-0.2, 0) is 6.42 Å². The Balaban J connectivity index is 1.59. The SMILES string of the molecule is Brc1ccc(-c2noc(CCNc3ccccc3)n2)nc1. The van der Waals surface area contributed by atoms with Crippen LogP contribution in [0, 0.1) is 0 Å². The number of benzene rings is 1. The summed E-state index contributed by atoms with van der Waals surface area (Å²) in [5.74, 6) is 1.11. The van der Waals surface area contributed by atoms with Gasteiger partial charge in [-0.15, -0.1) is 0 Å². The third kappa shape index (κ3) is 3.66. The van der Waals surface area contributed by atoms with E-state index in [1.165, 1.54) is 0 Å². The number of anilines is 1. The summed E-state index contributed by atoms with van der Waals surface area (Å²) in [6.07, 6.45) is 2.38. The first-order chi connectivity index (χ1) is 10.3. The smallest absolute Gasteiger partial charge is 0.228 e. The van der Waals surface area contributed by atoms with Crippen LogP contribution < -0.4 is 5.32 Å². The van der Waals surface area contributed by atoms with E-state index < -0.39 is 0 Å². The van der Waals surface area contributed by atoms with Gasteiger partial charge in [-0.25, -0.2) is 0 Å². The van der Waals surface area contributed by atoms with E-state index >= 15 is 0 Å². The lowest BCUT2D eigenvalue weighted by molar-refractivity contribution is 0.381. The highest BCUT2D eigenvalue weighted by atomic mass is 79.9. The maximum absolute atomic E-state index is 5.23. The summed E-state index contributed by atoms with van der Waals surface area (Å²) in [5, 5.41) is 7.25. The van der Waals surface area contributed by atoms with Gasteiger partial charge in [-0.3, -0.25) is 4.98 Å². The molecule has 0 atom stereocenters. The minimum atomic E-state index is 0.511. The highest BCUT2D eigenvalue weighted by Crippen LogP contribution is 2.16. The molecule has 0 fully saturated rings. The largest absolute Gasteiger partial charge is 0.385 e. The molecule has 106 valence electrons. The summed E-state index contributed by atoms with van der Waals surface area (Å²) in [4.78, 5) is 8.59. The molecule has 3 aromatic rings. The molecule has 1 N–H and O–H groups in total. The fraction of sp³-hybridized carbons (Fsp3) is 0.133. The second-order valence-electron chi connectivity index (χ2n) is 4.42. The lowest BCUT2D eigenvalue weighted by Gasteiger charge is -2.02. The molecule has 0 amide bonds. The van der Waals surface area contributed by atoms with Gasteiger partial charge < -0.3 is 9.84 Å². The molecule has 21 heavy (non-hydrogen) atoms. The summed E-state index contributed by atoms with van der Waals surface area (Å²) in [5.41, 5.74) is 1.77. The third-order valence-corrected chi connectivity index (χ3v) is 3.34. The van der Waals surface area contributed by atoms with E-state index in [2.05, 4.69) is 36.4 Å². The van der Waals surface area contributed by atoms with Crippen LogP contribution in [0.15, 0.2) is 57.7 Å². The van der Waals surface area contributed by atoms with Gasteiger partial charge in [-0.1, -0.05) is 23.4 Å². The maximum Gasteiger partial charge on any atom is 0.228 e. The Morgan fingerprint density at radius 2 is 1.95 bits per heavy atom. The second kappa shape index (κ2) is 6.49. The van der Waals surface area contributed by atoms with Crippen LogP contribution >= 0.6 is 15.9 Å². The molecule has 0 spiro atoms. The van der Waals surface area contributed by atoms with Gasteiger partial charge in [0.25, 0.3) is 0 Å². The predicted octanol–water partition coefficient (Wildman–Crippen LogP) is 3.55. The van der Waals surface area contributed by atoms with Crippen LogP contribution in [0.1, 0.15) is 5.89 Å². The highest BCUT2D eigenvalue weighted by molar-refractivity contribution is 9.10. The molecule has 6 heteroatoms. The lowest BCUT2D eigenvalue weighted by atomic mass is 10.3. The van der Waals surface area contributed by atoms with Crippen molar-refractivity contribution in [3.63, 3.8) is 0 Å². The molecule has 0 aliphatic rings. The van der Waals surface area contributed by atoms with Crippen molar-refractivity contribution in [3.05, 3.63) is 59.0 Å². The third-order valence-electron chi connectivity index (χ3n) is 2.87. The Bertz CT molecular complexity index is 697. The Labute approximate surface area is 130 Å². The fourth-order valence-corrected chi connectivity index (χ4v) is 2.07. The van der Waals surface area contributed by atoms with E-state index in [-0.39, 0.29) is 0 Å². The van der Waals surface area contributed by atoms with Crippen molar-refractivity contribution in [3.8, 4) is 11.5 Å². The zero-order chi connectivity index (χ0) is 14.5. The number of aromatic nitrogens is 3. The first-order valence-electron chi connectivity index (χ1n) is 6.55. The van der Waals surface area contributed by atoms with E-state index in [0.29, 0.717) is 23.8 Å². The van der Waals surface area contributed by atoms with Crippen molar-refractivity contribution in [2.24, 2.45) is 0 Å². The highest BCUT2D eigenvalue weighted by Gasteiger charge is 2.09. The van der Waals surface area contributed by atoms with Crippen molar-refractivity contribution >= 4 is 21.6 Å².